The lowest BCUT2D eigenvalue weighted by molar-refractivity contribution is -0.140. The quantitative estimate of drug-likeness (QED) is 0.289. The molecular weight excluding hydrogens is 546 g/mol. The van der Waals surface area contributed by atoms with Crippen LogP contribution in [0.5, 0.6) is 0 Å². The first kappa shape index (κ1) is 31.2. The standard InChI is InChI=1S/C31H38ClN3O4S/c1-6-24(5)33-31(37)29(7-2)34(20-25-11-9-8-10-12-25)30(36)21-35(27-16-13-22(3)23(4)19-27)40(38,39)28-17-14-26(32)15-18-28/h8-19,24,29H,6-7,20-21H2,1-5H3,(H,33,37)/t24-,29+/m1/s1. The van der Waals surface area contributed by atoms with Gasteiger partial charge in [-0.1, -0.05) is 61.8 Å². The number of aryl methyl sites for hydroxylation is 2. The van der Waals surface area contributed by atoms with Crippen molar-refractivity contribution in [2.75, 3.05) is 10.8 Å². The molecule has 3 aromatic carbocycles. The summed E-state index contributed by atoms with van der Waals surface area (Å²) in [6.07, 6.45) is 1.11. The van der Waals surface area contributed by atoms with Crippen molar-refractivity contribution in [1.29, 1.82) is 0 Å². The molecule has 214 valence electrons. The molecule has 0 saturated carbocycles. The Hall–Kier alpha value is -3.36. The lowest BCUT2D eigenvalue weighted by Crippen LogP contribution is -2.53. The summed E-state index contributed by atoms with van der Waals surface area (Å²) in [7, 11) is -4.15. The summed E-state index contributed by atoms with van der Waals surface area (Å²) in [5.41, 5.74) is 3.09. The summed E-state index contributed by atoms with van der Waals surface area (Å²) in [6.45, 7) is 9.24. The fourth-order valence-electron chi connectivity index (χ4n) is 4.28. The Morgan fingerprint density at radius 2 is 1.55 bits per heavy atom. The Kier molecular flexibility index (Phi) is 10.8. The number of halogens is 1. The molecule has 0 aromatic heterocycles. The van der Waals surface area contributed by atoms with E-state index >= 15 is 0 Å². The van der Waals surface area contributed by atoms with Gasteiger partial charge in [0.1, 0.15) is 12.6 Å². The van der Waals surface area contributed by atoms with Crippen LogP contribution in [-0.4, -0.2) is 43.8 Å². The largest absolute Gasteiger partial charge is 0.352 e. The highest BCUT2D eigenvalue weighted by Gasteiger charge is 2.34. The second kappa shape index (κ2) is 13.8. The molecular formula is C31H38ClN3O4S. The molecule has 0 radical (unpaired) electrons. The Balaban J connectivity index is 2.07. The maximum absolute atomic E-state index is 14.1. The number of carbonyl (C=O) groups excluding carboxylic acids is 2. The highest BCUT2D eigenvalue weighted by molar-refractivity contribution is 7.92. The summed E-state index contributed by atoms with van der Waals surface area (Å²) >= 11 is 6.02. The first-order valence-corrected chi connectivity index (χ1v) is 15.3. The molecule has 0 heterocycles. The second-order valence-electron chi connectivity index (χ2n) is 9.98. The molecule has 0 spiro atoms. The van der Waals surface area contributed by atoms with E-state index < -0.39 is 28.5 Å². The number of hydrogen-bond acceptors (Lipinski definition) is 4. The molecule has 1 N–H and O–H groups in total. The van der Waals surface area contributed by atoms with E-state index in [9.17, 15) is 18.0 Å². The first-order valence-electron chi connectivity index (χ1n) is 13.5. The van der Waals surface area contributed by atoms with E-state index in [1.165, 1.54) is 29.2 Å². The van der Waals surface area contributed by atoms with Crippen LogP contribution in [-0.2, 0) is 26.2 Å². The molecule has 0 aliphatic heterocycles. The monoisotopic (exact) mass is 583 g/mol. The highest BCUT2D eigenvalue weighted by atomic mass is 35.5. The van der Waals surface area contributed by atoms with Crippen LogP contribution >= 0.6 is 11.6 Å². The average molecular weight is 584 g/mol. The number of anilines is 1. The molecule has 0 unspecified atom stereocenters. The zero-order valence-electron chi connectivity index (χ0n) is 23.7. The molecule has 0 aliphatic rings. The van der Waals surface area contributed by atoms with Crippen molar-refractivity contribution in [1.82, 2.24) is 10.2 Å². The lowest BCUT2D eigenvalue weighted by atomic mass is 10.1. The average Bonchev–Trinajstić information content (AvgIpc) is 2.93. The van der Waals surface area contributed by atoms with Gasteiger partial charge in [-0.25, -0.2) is 8.42 Å². The Bertz CT molecular complexity index is 1410. The number of hydrogen-bond donors (Lipinski definition) is 1. The van der Waals surface area contributed by atoms with Crippen LogP contribution in [0.2, 0.25) is 5.02 Å². The van der Waals surface area contributed by atoms with E-state index in [1.807, 2.05) is 71.0 Å². The van der Waals surface area contributed by atoms with Gasteiger partial charge in [0.15, 0.2) is 0 Å². The van der Waals surface area contributed by atoms with E-state index in [1.54, 1.807) is 12.1 Å². The number of benzene rings is 3. The predicted octanol–water partition coefficient (Wildman–Crippen LogP) is 5.87. The van der Waals surface area contributed by atoms with Crippen LogP contribution in [0, 0.1) is 13.8 Å². The zero-order chi connectivity index (χ0) is 29.4. The normalized spacial score (nSPS) is 12.8. The van der Waals surface area contributed by atoms with Gasteiger partial charge >= 0.3 is 0 Å². The van der Waals surface area contributed by atoms with Gasteiger partial charge in [-0.05, 0) is 86.7 Å². The van der Waals surface area contributed by atoms with Gasteiger partial charge in [0.05, 0.1) is 10.6 Å². The van der Waals surface area contributed by atoms with Crippen molar-refractivity contribution >= 4 is 39.1 Å². The van der Waals surface area contributed by atoms with Gasteiger partial charge in [-0.3, -0.25) is 13.9 Å². The van der Waals surface area contributed by atoms with Crippen LogP contribution in [0.15, 0.2) is 77.7 Å². The number of nitrogens with one attached hydrogen (secondary N) is 1. The third-order valence-corrected chi connectivity index (χ3v) is 9.08. The minimum absolute atomic E-state index is 0.0130. The predicted molar refractivity (Wildman–Crippen MR) is 161 cm³/mol. The lowest BCUT2D eigenvalue weighted by Gasteiger charge is -2.34. The number of rotatable bonds is 12. The molecule has 3 aromatic rings. The topological polar surface area (TPSA) is 86.8 Å². The van der Waals surface area contributed by atoms with Crippen molar-refractivity contribution in [3.63, 3.8) is 0 Å². The molecule has 0 fully saturated rings. The van der Waals surface area contributed by atoms with Gasteiger partial charge < -0.3 is 10.2 Å². The van der Waals surface area contributed by atoms with Gasteiger partial charge in [-0.2, -0.15) is 0 Å². The molecule has 9 heteroatoms. The number of amides is 2. The highest BCUT2D eigenvalue weighted by Crippen LogP contribution is 2.27. The van der Waals surface area contributed by atoms with Crippen LogP contribution in [0.1, 0.15) is 50.3 Å². The fraction of sp³-hybridized carbons (Fsp3) is 0.355. The van der Waals surface area contributed by atoms with E-state index in [-0.39, 0.29) is 23.4 Å². The summed E-state index contributed by atoms with van der Waals surface area (Å²) in [5.74, 6) is -0.745. The number of sulfonamides is 1. The van der Waals surface area contributed by atoms with Crippen molar-refractivity contribution < 1.29 is 18.0 Å². The number of carbonyl (C=O) groups is 2. The molecule has 3 rings (SSSR count). The minimum atomic E-state index is -4.15. The second-order valence-corrected chi connectivity index (χ2v) is 12.3. The van der Waals surface area contributed by atoms with Crippen molar-refractivity contribution in [3.05, 3.63) is 94.5 Å². The summed E-state index contributed by atoms with van der Waals surface area (Å²) in [4.78, 5) is 28.9. The summed E-state index contributed by atoms with van der Waals surface area (Å²) in [5, 5.41) is 3.39. The summed E-state index contributed by atoms with van der Waals surface area (Å²) < 4.78 is 29.0. The van der Waals surface area contributed by atoms with Gasteiger partial charge in [0, 0.05) is 17.6 Å². The van der Waals surface area contributed by atoms with Crippen LogP contribution in [0.4, 0.5) is 5.69 Å². The number of nitrogens with zero attached hydrogens (tertiary/aromatic N) is 2. The smallest absolute Gasteiger partial charge is 0.264 e. The summed E-state index contributed by atoms with van der Waals surface area (Å²) in [6, 6.07) is 19.7. The molecule has 2 atom stereocenters. The molecule has 0 aliphatic carbocycles. The Labute approximate surface area is 243 Å². The zero-order valence-corrected chi connectivity index (χ0v) is 25.3. The van der Waals surface area contributed by atoms with Gasteiger partial charge in [0.2, 0.25) is 11.8 Å². The fourth-order valence-corrected chi connectivity index (χ4v) is 5.82. The minimum Gasteiger partial charge on any atom is -0.352 e. The van der Waals surface area contributed by atoms with Crippen LogP contribution < -0.4 is 9.62 Å². The molecule has 40 heavy (non-hydrogen) atoms. The third kappa shape index (κ3) is 7.64. The molecule has 0 saturated heterocycles. The van der Waals surface area contributed by atoms with Gasteiger partial charge in [0.25, 0.3) is 10.0 Å². The van der Waals surface area contributed by atoms with Crippen LogP contribution in [0.3, 0.4) is 0 Å². The van der Waals surface area contributed by atoms with Gasteiger partial charge in [-0.15, -0.1) is 0 Å². The maximum atomic E-state index is 14.1. The van der Waals surface area contributed by atoms with E-state index in [4.69, 9.17) is 11.6 Å². The van der Waals surface area contributed by atoms with E-state index in [0.717, 1.165) is 27.4 Å². The van der Waals surface area contributed by atoms with Crippen LogP contribution in [0.25, 0.3) is 0 Å². The maximum Gasteiger partial charge on any atom is 0.264 e. The molecule has 7 nitrogen and oxygen atoms in total. The Morgan fingerprint density at radius 1 is 0.900 bits per heavy atom. The Morgan fingerprint density at radius 3 is 2.12 bits per heavy atom. The van der Waals surface area contributed by atoms with Crippen molar-refractivity contribution in [3.8, 4) is 0 Å². The van der Waals surface area contributed by atoms with Crippen molar-refractivity contribution in [2.45, 2.75) is 71.0 Å². The molecule has 0 bridgehead atoms. The first-order chi connectivity index (χ1) is 19.0. The van der Waals surface area contributed by atoms with E-state index in [2.05, 4.69) is 5.32 Å². The molecule has 2 amide bonds. The third-order valence-electron chi connectivity index (χ3n) is 7.04. The van der Waals surface area contributed by atoms with E-state index in [0.29, 0.717) is 17.1 Å². The van der Waals surface area contributed by atoms with Crippen molar-refractivity contribution in [2.24, 2.45) is 0 Å². The SMILES string of the molecule is CC[C@@H](C)NC(=O)[C@H](CC)N(Cc1ccccc1)C(=O)CN(c1ccc(C)c(C)c1)S(=O)(=O)c1ccc(Cl)cc1.